The number of benzene rings is 1. The number of carbonyl (C=O) groups excluding carboxylic acids is 1. The second-order valence-electron chi connectivity index (χ2n) is 9.58. The molecule has 1 saturated heterocycles. The Morgan fingerprint density at radius 2 is 2.03 bits per heavy atom. The van der Waals surface area contributed by atoms with Crippen LogP contribution in [0.3, 0.4) is 0 Å². The van der Waals surface area contributed by atoms with Crippen LogP contribution in [-0.2, 0) is 4.79 Å². The molecule has 1 amide bonds. The molecule has 1 saturated carbocycles. The first-order chi connectivity index (χ1) is 16.2. The van der Waals surface area contributed by atoms with Crippen LogP contribution in [0, 0.1) is 5.92 Å². The number of aromatic nitrogens is 2. The molecule has 33 heavy (non-hydrogen) atoms. The Hall–Kier alpha value is -2.70. The lowest BCUT2D eigenvalue weighted by Crippen LogP contribution is -2.53. The van der Waals surface area contributed by atoms with Crippen LogP contribution in [0.25, 0.3) is 10.9 Å². The Bertz CT molecular complexity index is 1060. The van der Waals surface area contributed by atoms with Crippen LogP contribution in [0.1, 0.15) is 50.6 Å². The summed E-state index contributed by atoms with van der Waals surface area (Å²) in [6, 6.07) is 14.9. The molecule has 2 N–H and O–H groups in total. The average molecular weight is 446 g/mol. The SMILES string of the molecule is CC(CN1CCNCC1c1cccc2[nH]ccc12)N(C(=O)C1CCCCC1)c1ccccn1. The summed E-state index contributed by atoms with van der Waals surface area (Å²) in [4.78, 5) is 26.2. The third-order valence-corrected chi connectivity index (χ3v) is 7.37. The fourth-order valence-electron chi connectivity index (χ4n) is 5.69. The van der Waals surface area contributed by atoms with E-state index in [1.165, 1.54) is 22.9 Å². The fourth-order valence-corrected chi connectivity index (χ4v) is 5.69. The zero-order chi connectivity index (χ0) is 22.6. The molecule has 3 aromatic rings. The monoisotopic (exact) mass is 445 g/mol. The van der Waals surface area contributed by atoms with Gasteiger partial charge in [0, 0.05) is 67.5 Å². The number of rotatable bonds is 6. The van der Waals surface area contributed by atoms with Crippen LogP contribution < -0.4 is 10.2 Å². The number of amides is 1. The van der Waals surface area contributed by atoms with Gasteiger partial charge in [0.25, 0.3) is 0 Å². The fraction of sp³-hybridized carbons (Fsp3) is 0.481. The van der Waals surface area contributed by atoms with Gasteiger partial charge in [0.1, 0.15) is 5.82 Å². The van der Waals surface area contributed by atoms with Crippen molar-refractivity contribution in [3.8, 4) is 0 Å². The highest BCUT2D eigenvalue weighted by Gasteiger charge is 2.33. The molecule has 6 nitrogen and oxygen atoms in total. The molecule has 2 unspecified atom stereocenters. The summed E-state index contributed by atoms with van der Waals surface area (Å²) < 4.78 is 0. The third kappa shape index (κ3) is 4.68. The Kier molecular flexibility index (Phi) is 6.74. The summed E-state index contributed by atoms with van der Waals surface area (Å²) >= 11 is 0. The van der Waals surface area contributed by atoms with Crippen molar-refractivity contribution in [2.24, 2.45) is 5.92 Å². The highest BCUT2D eigenvalue weighted by molar-refractivity contribution is 5.94. The van der Waals surface area contributed by atoms with Crippen LogP contribution in [-0.4, -0.2) is 53.0 Å². The largest absolute Gasteiger partial charge is 0.361 e. The van der Waals surface area contributed by atoms with E-state index in [0.29, 0.717) is 0 Å². The normalized spacial score (nSPS) is 21.2. The molecule has 2 fully saturated rings. The predicted octanol–water partition coefficient (Wildman–Crippen LogP) is 4.51. The van der Waals surface area contributed by atoms with Gasteiger partial charge in [-0.2, -0.15) is 0 Å². The summed E-state index contributed by atoms with van der Waals surface area (Å²) in [6.07, 6.45) is 9.37. The third-order valence-electron chi connectivity index (χ3n) is 7.37. The van der Waals surface area contributed by atoms with Gasteiger partial charge in [-0.25, -0.2) is 4.98 Å². The van der Waals surface area contributed by atoms with E-state index in [-0.39, 0.29) is 23.9 Å². The lowest BCUT2D eigenvalue weighted by molar-refractivity contribution is -0.123. The lowest BCUT2D eigenvalue weighted by Gasteiger charge is -2.41. The molecule has 1 aromatic carbocycles. The number of H-pyrrole nitrogens is 1. The topological polar surface area (TPSA) is 64.3 Å². The van der Waals surface area contributed by atoms with Crippen molar-refractivity contribution in [3.63, 3.8) is 0 Å². The molecular formula is C27H35N5O. The van der Waals surface area contributed by atoms with Crippen molar-refractivity contribution in [1.29, 1.82) is 0 Å². The summed E-state index contributed by atoms with van der Waals surface area (Å²) in [6.45, 7) is 5.85. The number of carbonyl (C=O) groups is 1. The zero-order valence-electron chi connectivity index (χ0n) is 19.5. The summed E-state index contributed by atoms with van der Waals surface area (Å²) in [5.74, 6) is 1.15. The van der Waals surface area contributed by atoms with Gasteiger partial charge in [-0.15, -0.1) is 0 Å². The van der Waals surface area contributed by atoms with E-state index in [4.69, 9.17) is 0 Å². The van der Waals surface area contributed by atoms with Crippen LogP contribution in [0.15, 0.2) is 54.9 Å². The second-order valence-corrected chi connectivity index (χ2v) is 9.58. The average Bonchev–Trinajstić information content (AvgIpc) is 3.35. The molecule has 174 valence electrons. The van der Waals surface area contributed by atoms with E-state index in [1.807, 2.05) is 29.3 Å². The maximum atomic E-state index is 13.7. The van der Waals surface area contributed by atoms with E-state index < -0.39 is 0 Å². The van der Waals surface area contributed by atoms with E-state index >= 15 is 0 Å². The van der Waals surface area contributed by atoms with Crippen molar-refractivity contribution < 1.29 is 4.79 Å². The maximum absolute atomic E-state index is 13.7. The molecule has 0 radical (unpaired) electrons. The van der Waals surface area contributed by atoms with E-state index in [1.54, 1.807) is 6.20 Å². The van der Waals surface area contributed by atoms with Gasteiger partial charge in [-0.05, 0) is 49.6 Å². The molecule has 1 aliphatic heterocycles. The molecule has 0 spiro atoms. The quantitative estimate of drug-likeness (QED) is 0.586. The molecule has 6 heteroatoms. The standard InChI is InChI=1S/C27H35N5O/c1-20(32(26-12-5-6-14-30-26)27(33)21-8-3-2-4-9-21)19-31-17-16-28-18-25(31)23-10-7-11-24-22(23)13-15-29-24/h5-7,10-15,20-21,25,28-29H,2-4,8-9,16-19H2,1H3. The zero-order valence-corrected chi connectivity index (χ0v) is 19.5. The van der Waals surface area contributed by atoms with Crippen molar-refractivity contribution >= 4 is 22.6 Å². The van der Waals surface area contributed by atoms with Crippen LogP contribution in [0.2, 0.25) is 0 Å². The molecule has 1 aliphatic carbocycles. The first kappa shape index (κ1) is 22.1. The van der Waals surface area contributed by atoms with E-state index in [2.05, 4.69) is 51.4 Å². The molecule has 5 rings (SSSR count). The van der Waals surface area contributed by atoms with Gasteiger partial charge in [-0.3, -0.25) is 14.6 Å². The smallest absolute Gasteiger partial charge is 0.231 e. The number of aromatic amines is 1. The van der Waals surface area contributed by atoms with Crippen LogP contribution >= 0.6 is 0 Å². The van der Waals surface area contributed by atoms with Gasteiger partial charge in [0.15, 0.2) is 0 Å². The minimum absolute atomic E-state index is 0.0420. The number of hydrogen-bond acceptors (Lipinski definition) is 4. The van der Waals surface area contributed by atoms with Gasteiger partial charge >= 0.3 is 0 Å². The lowest BCUT2D eigenvalue weighted by atomic mass is 9.88. The summed E-state index contributed by atoms with van der Waals surface area (Å²) in [7, 11) is 0. The Morgan fingerprint density at radius 1 is 1.15 bits per heavy atom. The van der Waals surface area contributed by atoms with Gasteiger partial charge in [0.05, 0.1) is 0 Å². The van der Waals surface area contributed by atoms with Crippen molar-refractivity contribution in [2.45, 2.75) is 51.1 Å². The number of hydrogen-bond donors (Lipinski definition) is 2. The van der Waals surface area contributed by atoms with Crippen molar-refractivity contribution in [2.75, 3.05) is 31.1 Å². The van der Waals surface area contributed by atoms with E-state index in [0.717, 1.165) is 57.7 Å². The summed E-state index contributed by atoms with van der Waals surface area (Å²) in [5.41, 5.74) is 2.52. The van der Waals surface area contributed by atoms with Gasteiger partial charge in [-0.1, -0.05) is 37.5 Å². The van der Waals surface area contributed by atoms with Crippen molar-refractivity contribution in [3.05, 3.63) is 60.4 Å². The number of fused-ring (bicyclic) bond motifs is 1. The minimum Gasteiger partial charge on any atom is -0.361 e. The number of piperazine rings is 1. The number of nitrogens with one attached hydrogen (secondary N) is 2. The van der Waals surface area contributed by atoms with E-state index in [9.17, 15) is 4.79 Å². The Balaban J connectivity index is 1.41. The molecule has 3 heterocycles. The minimum atomic E-state index is 0.0420. The highest BCUT2D eigenvalue weighted by atomic mass is 16.2. The molecule has 0 bridgehead atoms. The van der Waals surface area contributed by atoms with Crippen molar-refractivity contribution in [1.82, 2.24) is 20.2 Å². The first-order valence-electron chi connectivity index (χ1n) is 12.5. The molecule has 2 aromatic heterocycles. The molecule has 2 atom stereocenters. The Labute approximate surface area is 196 Å². The summed E-state index contributed by atoms with van der Waals surface area (Å²) in [5, 5.41) is 4.87. The molecular weight excluding hydrogens is 410 g/mol. The maximum Gasteiger partial charge on any atom is 0.231 e. The van der Waals surface area contributed by atoms with Gasteiger partial charge < -0.3 is 10.3 Å². The number of pyridine rings is 1. The van der Waals surface area contributed by atoms with Crippen LogP contribution in [0.5, 0.6) is 0 Å². The second kappa shape index (κ2) is 10.1. The number of anilines is 1. The van der Waals surface area contributed by atoms with Gasteiger partial charge in [0.2, 0.25) is 5.91 Å². The number of nitrogens with zero attached hydrogens (tertiary/aromatic N) is 3. The first-order valence-corrected chi connectivity index (χ1v) is 12.5. The Morgan fingerprint density at radius 3 is 2.85 bits per heavy atom. The highest BCUT2D eigenvalue weighted by Crippen LogP contribution is 2.31. The van der Waals surface area contributed by atoms with Crippen LogP contribution in [0.4, 0.5) is 5.82 Å². The molecule has 2 aliphatic rings. The predicted molar refractivity (Wildman–Crippen MR) is 133 cm³/mol.